The molecule has 0 atom stereocenters. The zero-order valence-corrected chi connectivity index (χ0v) is 11.7. The summed E-state index contributed by atoms with van der Waals surface area (Å²) in [6.45, 7) is 8.84. The second kappa shape index (κ2) is 4.85. The van der Waals surface area contributed by atoms with Crippen molar-refractivity contribution in [3.8, 4) is 0 Å². The minimum absolute atomic E-state index is 0.0799. The highest BCUT2D eigenvalue weighted by molar-refractivity contribution is 6.17. The Bertz CT molecular complexity index is 390. The topological polar surface area (TPSA) is 16.1 Å². The fraction of sp³-hybridized carbons (Fsp3) is 0.643. The van der Waals surface area contributed by atoms with Crippen LogP contribution in [0, 0.1) is 0 Å². The average Bonchev–Trinajstić information content (AvgIpc) is 2.80. The van der Waals surface area contributed by atoms with Crippen LogP contribution in [0.25, 0.3) is 0 Å². The van der Waals surface area contributed by atoms with Gasteiger partial charge in [-0.1, -0.05) is 20.8 Å². The molecular weight excluding hydrogens is 232 g/mol. The lowest BCUT2D eigenvalue weighted by atomic mass is 9.91. The van der Waals surface area contributed by atoms with E-state index in [0.717, 1.165) is 24.6 Å². The van der Waals surface area contributed by atoms with E-state index in [0.29, 0.717) is 5.88 Å². The van der Waals surface area contributed by atoms with Gasteiger partial charge in [0.2, 0.25) is 0 Å². The highest BCUT2D eigenvalue weighted by Crippen LogP contribution is 2.27. The van der Waals surface area contributed by atoms with Gasteiger partial charge in [0, 0.05) is 30.1 Å². The van der Waals surface area contributed by atoms with E-state index in [4.69, 9.17) is 16.6 Å². The summed E-state index contributed by atoms with van der Waals surface area (Å²) in [5.41, 5.74) is 2.39. The lowest BCUT2D eigenvalue weighted by molar-refractivity contribution is 0.567. The van der Waals surface area contributed by atoms with Crippen molar-refractivity contribution >= 4 is 17.4 Å². The molecule has 0 spiro atoms. The molecule has 1 aromatic heterocycles. The van der Waals surface area contributed by atoms with Crippen molar-refractivity contribution in [3.63, 3.8) is 0 Å². The van der Waals surface area contributed by atoms with E-state index in [1.807, 2.05) is 0 Å². The Kier molecular flexibility index (Phi) is 3.62. The van der Waals surface area contributed by atoms with Crippen molar-refractivity contribution in [2.45, 2.75) is 44.9 Å². The van der Waals surface area contributed by atoms with Gasteiger partial charge in [-0.3, -0.25) is 0 Å². The van der Waals surface area contributed by atoms with Crippen LogP contribution < -0.4 is 4.90 Å². The maximum absolute atomic E-state index is 5.98. The first-order chi connectivity index (χ1) is 8.00. The number of halogens is 1. The highest BCUT2D eigenvalue weighted by atomic mass is 35.5. The summed E-state index contributed by atoms with van der Waals surface area (Å²) in [6.07, 6.45) is 2.55. The summed E-state index contributed by atoms with van der Waals surface area (Å²) >= 11 is 5.98. The number of hydrogen-bond donors (Lipinski definition) is 0. The highest BCUT2D eigenvalue weighted by Gasteiger charge is 2.20. The molecule has 2 heterocycles. The van der Waals surface area contributed by atoms with Gasteiger partial charge in [-0.2, -0.15) is 0 Å². The van der Waals surface area contributed by atoms with Gasteiger partial charge >= 0.3 is 0 Å². The van der Waals surface area contributed by atoms with E-state index in [2.05, 4.69) is 37.8 Å². The van der Waals surface area contributed by atoms with E-state index in [1.165, 1.54) is 18.4 Å². The lowest BCUT2D eigenvalue weighted by Crippen LogP contribution is -2.22. The molecule has 17 heavy (non-hydrogen) atoms. The Hall–Kier alpha value is -0.760. The van der Waals surface area contributed by atoms with Gasteiger partial charge in [0.1, 0.15) is 5.82 Å². The van der Waals surface area contributed by atoms with Crippen LogP contribution in [0.3, 0.4) is 0 Å². The lowest BCUT2D eigenvalue weighted by Gasteiger charge is -2.23. The second-order valence-electron chi connectivity index (χ2n) is 5.80. The summed E-state index contributed by atoms with van der Waals surface area (Å²) in [4.78, 5) is 7.17. The number of hydrogen-bond acceptors (Lipinski definition) is 2. The van der Waals surface area contributed by atoms with Crippen LogP contribution in [-0.2, 0) is 11.3 Å². The van der Waals surface area contributed by atoms with E-state index < -0.39 is 0 Å². The number of aromatic nitrogens is 1. The zero-order valence-electron chi connectivity index (χ0n) is 11.0. The summed E-state index contributed by atoms with van der Waals surface area (Å²) in [7, 11) is 0. The van der Waals surface area contributed by atoms with E-state index in [9.17, 15) is 0 Å². The van der Waals surface area contributed by atoms with Gasteiger partial charge in [0.05, 0.1) is 0 Å². The number of anilines is 1. The fourth-order valence-electron chi connectivity index (χ4n) is 2.14. The molecule has 0 N–H and O–H groups in total. The fourth-order valence-corrected chi connectivity index (χ4v) is 2.29. The third kappa shape index (κ3) is 2.92. The van der Waals surface area contributed by atoms with Gasteiger partial charge < -0.3 is 4.90 Å². The molecule has 0 aromatic carbocycles. The van der Waals surface area contributed by atoms with Gasteiger partial charge in [-0.05, 0) is 30.5 Å². The Morgan fingerprint density at radius 1 is 1.24 bits per heavy atom. The molecule has 0 unspecified atom stereocenters. The first kappa shape index (κ1) is 12.7. The Balaban J connectivity index is 2.38. The molecular formula is C14H21ClN2. The van der Waals surface area contributed by atoms with Crippen molar-refractivity contribution in [3.05, 3.63) is 23.4 Å². The molecule has 0 saturated carbocycles. The van der Waals surface area contributed by atoms with Crippen LogP contribution in [0.15, 0.2) is 12.1 Å². The first-order valence-corrected chi connectivity index (χ1v) is 6.86. The van der Waals surface area contributed by atoms with Crippen LogP contribution in [-0.4, -0.2) is 18.1 Å². The maximum Gasteiger partial charge on any atom is 0.129 e. The Morgan fingerprint density at radius 3 is 2.41 bits per heavy atom. The average molecular weight is 253 g/mol. The largest absolute Gasteiger partial charge is 0.357 e. The first-order valence-electron chi connectivity index (χ1n) is 6.33. The van der Waals surface area contributed by atoms with Gasteiger partial charge in [0.15, 0.2) is 0 Å². The molecule has 0 bridgehead atoms. The third-order valence-corrected chi connectivity index (χ3v) is 3.53. The second-order valence-corrected chi connectivity index (χ2v) is 6.06. The van der Waals surface area contributed by atoms with Crippen LogP contribution in [0.1, 0.15) is 44.9 Å². The molecule has 1 aromatic rings. The summed E-state index contributed by atoms with van der Waals surface area (Å²) in [5, 5.41) is 0. The summed E-state index contributed by atoms with van der Waals surface area (Å²) in [5.74, 6) is 1.66. The third-order valence-electron chi connectivity index (χ3n) is 3.22. The van der Waals surface area contributed by atoms with Gasteiger partial charge in [0.25, 0.3) is 0 Å². The van der Waals surface area contributed by atoms with E-state index >= 15 is 0 Å². The number of alkyl halides is 1. The van der Waals surface area contributed by atoms with Crippen LogP contribution in [0.4, 0.5) is 5.82 Å². The van der Waals surface area contributed by atoms with Crippen LogP contribution in [0.5, 0.6) is 0 Å². The van der Waals surface area contributed by atoms with Crippen molar-refractivity contribution < 1.29 is 0 Å². The Morgan fingerprint density at radius 2 is 1.88 bits per heavy atom. The van der Waals surface area contributed by atoms with Gasteiger partial charge in [-0.25, -0.2) is 4.98 Å². The molecule has 0 radical (unpaired) electrons. The minimum Gasteiger partial charge on any atom is -0.357 e. The predicted molar refractivity (Wildman–Crippen MR) is 73.9 cm³/mol. The zero-order chi connectivity index (χ0) is 12.5. The smallest absolute Gasteiger partial charge is 0.129 e. The van der Waals surface area contributed by atoms with Crippen molar-refractivity contribution in [1.29, 1.82) is 0 Å². The number of rotatable bonds is 2. The molecule has 2 nitrogen and oxygen atoms in total. The summed E-state index contributed by atoms with van der Waals surface area (Å²) in [6, 6.07) is 4.26. The predicted octanol–water partition coefficient (Wildman–Crippen LogP) is 3.72. The molecule has 1 aliphatic heterocycles. The monoisotopic (exact) mass is 252 g/mol. The summed E-state index contributed by atoms with van der Waals surface area (Å²) < 4.78 is 0. The minimum atomic E-state index is 0.0799. The van der Waals surface area contributed by atoms with Crippen LogP contribution >= 0.6 is 11.6 Å². The molecule has 1 saturated heterocycles. The molecule has 94 valence electrons. The molecule has 0 amide bonds. The van der Waals surface area contributed by atoms with Crippen LogP contribution in [0.2, 0.25) is 0 Å². The molecule has 0 aliphatic carbocycles. The standard InChI is InChI=1S/C14H21ClN2/c1-14(2,3)12-8-11(10-15)9-13(16-12)17-6-4-5-7-17/h8-9H,4-7,10H2,1-3H3. The van der Waals surface area contributed by atoms with E-state index in [-0.39, 0.29) is 5.41 Å². The van der Waals surface area contributed by atoms with Crippen molar-refractivity contribution in [2.24, 2.45) is 0 Å². The number of nitrogens with zero attached hydrogens (tertiary/aromatic N) is 2. The molecule has 2 rings (SSSR count). The number of pyridine rings is 1. The normalized spacial score (nSPS) is 16.6. The SMILES string of the molecule is CC(C)(C)c1cc(CCl)cc(N2CCCC2)n1. The van der Waals surface area contributed by atoms with Gasteiger partial charge in [-0.15, -0.1) is 11.6 Å². The molecule has 3 heteroatoms. The van der Waals surface area contributed by atoms with Crippen molar-refractivity contribution in [2.75, 3.05) is 18.0 Å². The molecule has 1 aliphatic rings. The Labute approximate surface area is 109 Å². The van der Waals surface area contributed by atoms with E-state index in [1.54, 1.807) is 0 Å². The molecule has 1 fully saturated rings. The quantitative estimate of drug-likeness (QED) is 0.746. The van der Waals surface area contributed by atoms with Crippen molar-refractivity contribution in [1.82, 2.24) is 4.98 Å². The maximum atomic E-state index is 5.98.